The van der Waals surface area contributed by atoms with Gasteiger partial charge in [0.25, 0.3) is 0 Å². The first kappa shape index (κ1) is 21.9. The van der Waals surface area contributed by atoms with E-state index < -0.39 is 18.2 Å². The summed E-state index contributed by atoms with van der Waals surface area (Å²) in [7, 11) is 5.19. The molecule has 3 N–H and O–H groups in total. The van der Waals surface area contributed by atoms with Crippen LogP contribution in [0, 0.1) is 0 Å². The maximum absolute atomic E-state index is 12.3. The molecule has 0 saturated heterocycles. The Morgan fingerprint density at radius 1 is 1.21 bits per heavy atom. The lowest BCUT2D eigenvalue weighted by Crippen LogP contribution is -2.50. The van der Waals surface area contributed by atoms with Gasteiger partial charge in [-0.15, -0.1) is 0 Å². The van der Waals surface area contributed by atoms with Gasteiger partial charge in [0.05, 0.1) is 38.8 Å². The number of aliphatic hydroxyl groups excluding tert-OH is 1. The number of hydrogen-bond donors (Lipinski definition) is 3. The Morgan fingerprint density at radius 3 is 2.64 bits per heavy atom. The van der Waals surface area contributed by atoms with Crippen molar-refractivity contribution in [3.63, 3.8) is 0 Å². The number of carbonyl (C=O) groups is 2. The molecule has 0 aliphatic carbocycles. The summed E-state index contributed by atoms with van der Waals surface area (Å²) in [5.74, 6) is 0.385. The van der Waals surface area contributed by atoms with Crippen molar-refractivity contribution in [2.24, 2.45) is 0 Å². The van der Waals surface area contributed by atoms with Crippen LogP contribution in [0.5, 0.6) is 5.75 Å². The van der Waals surface area contributed by atoms with E-state index in [1.54, 1.807) is 38.3 Å². The Kier molecular flexibility index (Phi) is 8.43. The molecule has 0 bridgehead atoms. The second-order valence-electron chi connectivity index (χ2n) is 6.90. The highest BCUT2D eigenvalue weighted by molar-refractivity contribution is 5.79. The van der Waals surface area contributed by atoms with Gasteiger partial charge in [-0.05, 0) is 20.2 Å². The van der Waals surface area contributed by atoms with E-state index in [1.807, 2.05) is 24.3 Å². The molecule has 0 saturated carbocycles. The van der Waals surface area contributed by atoms with Gasteiger partial charge in [-0.25, -0.2) is 0 Å². The zero-order valence-corrected chi connectivity index (χ0v) is 16.6. The van der Waals surface area contributed by atoms with Crippen LogP contribution in [0.15, 0.2) is 36.4 Å². The molecule has 0 aromatic heterocycles. The number of aliphatic hydroxyl groups is 1. The summed E-state index contributed by atoms with van der Waals surface area (Å²) in [6, 6.07) is 7.05. The predicted octanol–water partition coefficient (Wildman–Crippen LogP) is 0.0638. The molecule has 1 heterocycles. The maximum Gasteiger partial charge on any atom is 0.234 e. The highest BCUT2D eigenvalue weighted by atomic mass is 16.5. The molecule has 1 aliphatic heterocycles. The van der Waals surface area contributed by atoms with Gasteiger partial charge in [0.1, 0.15) is 11.9 Å². The molecule has 0 fully saturated rings. The number of ether oxygens (including phenoxy) is 2. The number of nitrogens with zero attached hydrogens (tertiary/aromatic N) is 1. The third kappa shape index (κ3) is 6.63. The molecular weight excluding hydrogens is 362 g/mol. The molecule has 1 aromatic rings. The molecule has 8 heteroatoms. The fourth-order valence-corrected chi connectivity index (χ4v) is 2.95. The summed E-state index contributed by atoms with van der Waals surface area (Å²) in [6.45, 7) is 0.347. The Labute approximate surface area is 165 Å². The van der Waals surface area contributed by atoms with E-state index >= 15 is 0 Å². The van der Waals surface area contributed by atoms with E-state index in [0.717, 1.165) is 5.56 Å². The lowest BCUT2D eigenvalue weighted by molar-refractivity contribution is -0.128. The highest BCUT2D eigenvalue weighted by Crippen LogP contribution is 2.18. The van der Waals surface area contributed by atoms with Crippen molar-refractivity contribution in [1.82, 2.24) is 15.5 Å². The Hall–Kier alpha value is -2.42. The number of methoxy groups -OCH3 is 1. The van der Waals surface area contributed by atoms with Crippen LogP contribution in [0.2, 0.25) is 0 Å². The minimum atomic E-state index is -0.594. The van der Waals surface area contributed by atoms with Gasteiger partial charge in [-0.1, -0.05) is 30.4 Å². The van der Waals surface area contributed by atoms with Gasteiger partial charge in [0.2, 0.25) is 11.8 Å². The molecule has 2 amide bonds. The Balaban J connectivity index is 1.86. The largest absolute Gasteiger partial charge is 0.496 e. The van der Waals surface area contributed by atoms with Crippen molar-refractivity contribution >= 4 is 11.8 Å². The zero-order valence-electron chi connectivity index (χ0n) is 16.6. The average Bonchev–Trinajstić information content (AvgIpc) is 2.67. The fraction of sp³-hybridized carbons (Fsp3) is 0.500. The standard InChI is InChI=1S/C20H29N3O5/c1-23(2)12-20(26)22-16-9-8-15(28-18(16)13-24)10-19(25)21-11-14-6-4-5-7-17(14)27-3/h4-9,15-16,18,24H,10-13H2,1-3H3,(H,21,25)(H,22,26)/t15-,16+,18-/m1/s1. The summed E-state index contributed by atoms with van der Waals surface area (Å²) in [5.41, 5.74) is 0.885. The molecule has 1 aromatic carbocycles. The topological polar surface area (TPSA) is 100 Å². The Bertz CT molecular complexity index is 692. The number of para-hydroxylation sites is 1. The van der Waals surface area contributed by atoms with Crippen molar-refractivity contribution in [2.75, 3.05) is 34.4 Å². The Morgan fingerprint density at radius 2 is 1.96 bits per heavy atom. The van der Waals surface area contributed by atoms with E-state index in [2.05, 4.69) is 10.6 Å². The van der Waals surface area contributed by atoms with Gasteiger partial charge in [0.15, 0.2) is 0 Å². The van der Waals surface area contributed by atoms with Crippen LogP contribution in [0.3, 0.4) is 0 Å². The number of carbonyl (C=O) groups excluding carboxylic acids is 2. The lowest BCUT2D eigenvalue weighted by Gasteiger charge is -2.32. The second-order valence-corrected chi connectivity index (χ2v) is 6.90. The monoisotopic (exact) mass is 391 g/mol. The minimum Gasteiger partial charge on any atom is -0.496 e. The van der Waals surface area contributed by atoms with Crippen LogP contribution in [-0.2, 0) is 20.9 Å². The third-order valence-electron chi connectivity index (χ3n) is 4.31. The first-order valence-electron chi connectivity index (χ1n) is 9.20. The first-order valence-corrected chi connectivity index (χ1v) is 9.20. The molecule has 0 unspecified atom stereocenters. The molecule has 154 valence electrons. The number of amides is 2. The number of hydrogen-bond acceptors (Lipinski definition) is 6. The molecule has 1 aliphatic rings. The highest BCUT2D eigenvalue weighted by Gasteiger charge is 2.29. The second kappa shape index (κ2) is 10.8. The summed E-state index contributed by atoms with van der Waals surface area (Å²) in [5, 5.41) is 15.2. The summed E-state index contributed by atoms with van der Waals surface area (Å²) in [6.07, 6.45) is 2.59. The van der Waals surface area contributed by atoms with Crippen LogP contribution in [0.4, 0.5) is 0 Å². The summed E-state index contributed by atoms with van der Waals surface area (Å²) < 4.78 is 11.0. The van der Waals surface area contributed by atoms with Gasteiger partial charge in [-0.2, -0.15) is 0 Å². The van der Waals surface area contributed by atoms with Gasteiger partial charge in [0, 0.05) is 12.1 Å². The number of likely N-dealkylation sites (N-methyl/N-ethyl adjacent to an activating group) is 1. The first-order chi connectivity index (χ1) is 13.4. The van der Waals surface area contributed by atoms with Crippen molar-refractivity contribution < 1.29 is 24.2 Å². The van der Waals surface area contributed by atoms with Crippen LogP contribution in [0.1, 0.15) is 12.0 Å². The summed E-state index contributed by atoms with van der Waals surface area (Å²) in [4.78, 5) is 25.9. The van der Waals surface area contributed by atoms with Crippen molar-refractivity contribution in [3.8, 4) is 5.75 Å². The molecule has 28 heavy (non-hydrogen) atoms. The van der Waals surface area contributed by atoms with Crippen molar-refractivity contribution in [2.45, 2.75) is 31.2 Å². The molecule has 3 atom stereocenters. The summed E-state index contributed by atoms with van der Waals surface area (Å²) >= 11 is 0. The molecule has 0 radical (unpaired) electrons. The number of benzene rings is 1. The minimum absolute atomic E-state index is 0.126. The van der Waals surface area contributed by atoms with Crippen LogP contribution in [-0.4, -0.2) is 74.4 Å². The average molecular weight is 391 g/mol. The zero-order chi connectivity index (χ0) is 20.5. The smallest absolute Gasteiger partial charge is 0.234 e. The lowest BCUT2D eigenvalue weighted by atomic mass is 10.0. The van der Waals surface area contributed by atoms with E-state index in [-0.39, 0.29) is 31.4 Å². The molecule has 8 nitrogen and oxygen atoms in total. The van der Waals surface area contributed by atoms with Crippen LogP contribution < -0.4 is 15.4 Å². The van der Waals surface area contributed by atoms with E-state index in [0.29, 0.717) is 12.3 Å². The van der Waals surface area contributed by atoms with Crippen molar-refractivity contribution in [3.05, 3.63) is 42.0 Å². The third-order valence-corrected chi connectivity index (χ3v) is 4.31. The van der Waals surface area contributed by atoms with E-state index in [1.165, 1.54) is 0 Å². The predicted molar refractivity (Wildman–Crippen MR) is 105 cm³/mol. The molecule has 0 spiro atoms. The van der Waals surface area contributed by atoms with Crippen molar-refractivity contribution in [1.29, 1.82) is 0 Å². The van der Waals surface area contributed by atoms with E-state index in [4.69, 9.17) is 9.47 Å². The number of rotatable bonds is 9. The molecule has 2 rings (SSSR count). The number of nitrogens with one attached hydrogen (secondary N) is 2. The van der Waals surface area contributed by atoms with Crippen LogP contribution in [0.25, 0.3) is 0 Å². The van der Waals surface area contributed by atoms with E-state index in [9.17, 15) is 14.7 Å². The van der Waals surface area contributed by atoms with Gasteiger partial charge in [-0.3, -0.25) is 9.59 Å². The van der Waals surface area contributed by atoms with Gasteiger partial charge >= 0.3 is 0 Å². The normalized spacial score (nSPS) is 21.4. The van der Waals surface area contributed by atoms with Crippen LogP contribution >= 0.6 is 0 Å². The van der Waals surface area contributed by atoms with Gasteiger partial charge < -0.3 is 30.1 Å². The molecular formula is C20H29N3O5. The fourth-order valence-electron chi connectivity index (χ4n) is 2.95. The maximum atomic E-state index is 12.3. The quantitative estimate of drug-likeness (QED) is 0.515. The SMILES string of the molecule is COc1ccccc1CNC(=O)C[C@H]1C=C[C@H](NC(=O)CN(C)C)[C@@H](CO)O1.